The molecule has 0 radical (unpaired) electrons. The summed E-state index contributed by atoms with van der Waals surface area (Å²) in [5.74, 6) is 1.69. The van der Waals surface area contributed by atoms with Crippen LogP contribution in [0.1, 0.15) is 22.9 Å². The Morgan fingerprint density at radius 1 is 1.30 bits per heavy atom. The lowest BCUT2D eigenvalue weighted by Crippen LogP contribution is -2.05. The van der Waals surface area contributed by atoms with Crippen LogP contribution in [0.15, 0.2) is 27.5 Å². The van der Waals surface area contributed by atoms with Crippen LogP contribution >= 0.6 is 11.8 Å². The normalized spacial score (nSPS) is 11.8. The lowest BCUT2D eigenvalue weighted by molar-refractivity contribution is -0.137. The smallest absolute Gasteiger partial charge is 0.416 e. The zero-order valence-corrected chi connectivity index (χ0v) is 11.7. The Balaban J connectivity index is 2.10. The first-order valence-electron chi connectivity index (χ1n) is 5.80. The third-order valence-corrected chi connectivity index (χ3v) is 3.84. The van der Waals surface area contributed by atoms with Gasteiger partial charge in [0.05, 0.1) is 17.0 Å². The predicted octanol–water partition coefficient (Wildman–Crippen LogP) is 4.18. The lowest BCUT2D eigenvalue weighted by atomic mass is 10.2. The van der Waals surface area contributed by atoms with Gasteiger partial charge >= 0.3 is 6.18 Å². The number of aromatic nitrogens is 1. The lowest BCUT2D eigenvalue weighted by Gasteiger charge is -2.09. The van der Waals surface area contributed by atoms with Crippen LogP contribution < -0.4 is 5.73 Å². The van der Waals surface area contributed by atoms with Crippen molar-refractivity contribution >= 4 is 17.4 Å². The molecule has 0 unspecified atom stereocenters. The monoisotopic (exact) mass is 302 g/mol. The molecule has 2 aromatic rings. The summed E-state index contributed by atoms with van der Waals surface area (Å²) < 4.78 is 42.9. The molecule has 2 N–H and O–H groups in total. The van der Waals surface area contributed by atoms with Crippen molar-refractivity contribution in [3.05, 3.63) is 41.1 Å². The number of aryl methyl sites for hydroxylation is 2. The Morgan fingerprint density at radius 2 is 2.00 bits per heavy atom. The van der Waals surface area contributed by atoms with Crippen LogP contribution in [0.4, 0.5) is 18.9 Å². The number of anilines is 1. The van der Waals surface area contributed by atoms with E-state index in [9.17, 15) is 13.2 Å². The second-order valence-electron chi connectivity index (χ2n) is 4.29. The SMILES string of the molecule is Cc1nc(CSc2ccc(C(F)(F)F)cc2N)oc1C. The van der Waals surface area contributed by atoms with Crippen molar-refractivity contribution in [2.75, 3.05) is 5.73 Å². The summed E-state index contributed by atoms with van der Waals surface area (Å²) in [5.41, 5.74) is 5.81. The molecule has 0 spiro atoms. The van der Waals surface area contributed by atoms with E-state index >= 15 is 0 Å². The standard InChI is InChI=1S/C13H13F3N2OS/c1-7-8(2)19-12(18-7)6-20-11-4-3-9(5-10(11)17)13(14,15)16/h3-5H,6,17H2,1-2H3. The van der Waals surface area contributed by atoms with Crippen molar-refractivity contribution < 1.29 is 17.6 Å². The van der Waals surface area contributed by atoms with Crippen LogP contribution in [0, 0.1) is 13.8 Å². The highest BCUT2D eigenvalue weighted by Gasteiger charge is 2.30. The quantitative estimate of drug-likeness (QED) is 0.682. The molecular formula is C13H13F3N2OS. The largest absolute Gasteiger partial charge is 0.445 e. The summed E-state index contributed by atoms with van der Waals surface area (Å²) in [5, 5.41) is 0. The molecule has 1 heterocycles. The number of oxazole rings is 1. The fourth-order valence-corrected chi connectivity index (χ4v) is 2.39. The van der Waals surface area contributed by atoms with E-state index in [1.165, 1.54) is 17.8 Å². The molecule has 108 valence electrons. The van der Waals surface area contributed by atoms with Crippen LogP contribution in [-0.2, 0) is 11.9 Å². The molecule has 1 aromatic carbocycles. The Morgan fingerprint density at radius 3 is 2.50 bits per heavy atom. The molecule has 0 saturated heterocycles. The van der Waals surface area contributed by atoms with E-state index in [2.05, 4.69) is 4.98 Å². The van der Waals surface area contributed by atoms with E-state index in [0.717, 1.165) is 23.6 Å². The number of nitrogens with zero attached hydrogens (tertiary/aromatic N) is 1. The van der Waals surface area contributed by atoms with Crippen LogP contribution in [0.3, 0.4) is 0 Å². The molecule has 0 bridgehead atoms. The van der Waals surface area contributed by atoms with Crippen molar-refractivity contribution in [2.45, 2.75) is 30.7 Å². The molecule has 0 fully saturated rings. The van der Waals surface area contributed by atoms with E-state index in [4.69, 9.17) is 10.2 Å². The third kappa shape index (κ3) is 3.27. The average Bonchev–Trinajstić information content (AvgIpc) is 2.66. The predicted molar refractivity (Wildman–Crippen MR) is 71.4 cm³/mol. The topological polar surface area (TPSA) is 52.0 Å². The van der Waals surface area contributed by atoms with Gasteiger partial charge in [0.1, 0.15) is 5.76 Å². The first-order valence-corrected chi connectivity index (χ1v) is 6.78. The highest BCUT2D eigenvalue weighted by Crippen LogP contribution is 2.35. The third-order valence-electron chi connectivity index (χ3n) is 2.76. The highest BCUT2D eigenvalue weighted by atomic mass is 32.2. The zero-order valence-electron chi connectivity index (χ0n) is 10.9. The van der Waals surface area contributed by atoms with E-state index in [1.807, 2.05) is 13.8 Å². The van der Waals surface area contributed by atoms with Gasteiger partial charge in [-0.25, -0.2) is 4.98 Å². The number of hydrogen-bond acceptors (Lipinski definition) is 4. The van der Waals surface area contributed by atoms with E-state index in [0.29, 0.717) is 16.5 Å². The molecular weight excluding hydrogens is 289 g/mol. The number of nitrogens with two attached hydrogens (primary N) is 1. The molecule has 0 aliphatic heterocycles. The van der Waals surface area contributed by atoms with Crippen LogP contribution in [0.25, 0.3) is 0 Å². The van der Waals surface area contributed by atoms with Crippen molar-refractivity contribution in [1.82, 2.24) is 4.98 Å². The van der Waals surface area contributed by atoms with Gasteiger partial charge in [0.2, 0.25) is 5.89 Å². The van der Waals surface area contributed by atoms with Crippen molar-refractivity contribution in [1.29, 1.82) is 0 Å². The maximum atomic E-state index is 12.5. The minimum Gasteiger partial charge on any atom is -0.445 e. The molecule has 20 heavy (non-hydrogen) atoms. The first-order chi connectivity index (χ1) is 9.27. The molecule has 0 aliphatic carbocycles. The molecule has 1 aromatic heterocycles. The second-order valence-corrected chi connectivity index (χ2v) is 5.31. The van der Waals surface area contributed by atoms with Crippen LogP contribution in [0.2, 0.25) is 0 Å². The van der Waals surface area contributed by atoms with E-state index in [-0.39, 0.29) is 5.69 Å². The van der Waals surface area contributed by atoms with E-state index < -0.39 is 11.7 Å². The second kappa shape index (κ2) is 5.40. The number of halogens is 3. The Labute approximate surface area is 118 Å². The molecule has 7 heteroatoms. The molecule has 2 rings (SSSR count). The fourth-order valence-electron chi connectivity index (χ4n) is 1.60. The summed E-state index contributed by atoms with van der Waals surface area (Å²) >= 11 is 1.29. The minimum absolute atomic E-state index is 0.102. The van der Waals surface area contributed by atoms with E-state index in [1.54, 1.807) is 0 Å². The van der Waals surface area contributed by atoms with Crippen molar-refractivity contribution in [3.63, 3.8) is 0 Å². The number of benzene rings is 1. The molecule has 0 aliphatic rings. The fraction of sp³-hybridized carbons (Fsp3) is 0.308. The van der Waals surface area contributed by atoms with Gasteiger partial charge in [-0.15, -0.1) is 11.8 Å². The number of thioether (sulfide) groups is 1. The van der Waals surface area contributed by atoms with Gasteiger partial charge < -0.3 is 10.2 Å². The molecule has 0 atom stereocenters. The van der Waals surface area contributed by atoms with Crippen LogP contribution in [-0.4, -0.2) is 4.98 Å². The van der Waals surface area contributed by atoms with Gasteiger partial charge in [-0.05, 0) is 32.0 Å². The number of nitrogen functional groups attached to an aromatic ring is 1. The Hall–Kier alpha value is -1.63. The highest BCUT2D eigenvalue weighted by molar-refractivity contribution is 7.98. The van der Waals surface area contributed by atoms with Crippen molar-refractivity contribution in [2.24, 2.45) is 0 Å². The van der Waals surface area contributed by atoms with Gasteiger partial charge in [-0.3, -0.25) is 0 Å². The average molecular weight is 302 g/mol. The Kier molecular flexibility index (Phi) is 3.99. The maximum absolute atomic E-state index is 12.5. The van der Waals surface area contributed by atoms with Crippen LogP contribution in [0.5, 0.6) is 0 Å². The summed E-state index contributed by atoms with van der Waals surface area (Å²) in [4.78, 5) is 4.78. The minimum atomic E-state index is -4.38. The maximum Gasteiger partial charge on any atom is 0.416 e. The number of rotatable bonds is 3. The zero-order chi connectivity index (χ0) is 14.9. The summed E-state index contributed by atoms with van der Waals surface area (Å²) in [6, 6.07) is 3.32. The number of hydrogen-bond donors (Lipinski definition) is 1. The van der Waals surface area contributed by atoms with Gasteiger partial charge in [0.15, 0.2) is 0 Å². The summed E-state index contributed by atoms with van der Waals surface area (Å²) in [6.07, 6.45) is -4.38. The van der Waals surface area contributed by atoms with Gasteiger partial charge in [0.25, 0.3) is 0 Å². The molecule has 0 amide bonds. The van der Waals surface area contributed by atoms with Gasteiger partial charge in [-0.1, -0.05) is 0 Å². The summed E-state index contributed by atoms with van der Waals surface area (Å²) in [6.45, 7) is 3.64. The van der Waals surface area contributed by atoms with Gasteiger partial charge in [-0.2, -0.15) is 13.2 Å². The number of alkyl halides is 3. The molecule has 0 saturated carbocycles. The van der Waals surface area contributed by atoms with Crippen molar-refractivity contribution in [3.8, 4) is 0 Å². The first kappa shape index (κ1) is 14.8. The summed E-state index contributed by atoms with van der Waals surface area (Å²) in [7, 11) is 0. The Bertz CT molecular complexity index is 603. The molecule has 3 nitrogen and oxygen atoms in total. The van der Waals surface area contributed by atoms with Gasteiger partial charge in [0, 0.05) is 10.6 Å².